The topological polar surface area (TPSA) is 0 Å². The number of halogens is 1. The summed E-state index contributed by atoms with van der Waals surface area (Å²) in [4.78, 5) is 0. The molecule has 0 aromatic rings. The molecule has 0 aliphatic heterocycles. The average Bonchev–Trinajstić information content (AvgIpc) is 2.16. The molecule has 0 saturated heterocycles. The van der Waals surface area contributed by atoms with Crippen molar-refractivity contribution >= 4 is 30.7 Å². The minimum absolute atomic E-state index is 0.835. The molecule has 2 heteroatoms. The average molecular weight is 350 g/mol. The fourth-order valence-electron chi connectivity index (χ4n) is 2.96. The highest BCUT2D eigenvalue weighted by Gasteiger charge is 2.41. The predicted octanol–water partition coefficient (Wildman–Crippen LogP) is 5.49. The summed E-state index contributed by atoms with van der Waals surface area (Å²) in [5.41, 5.74) is 2.50. The summed E-state index contributed by atoms with van der Waals surface area (Å²) in [7, 11) is -1.25. The van der Waals surface area contributed by atoms with E-state index in [9.17, 15) is 0 Å². The van der Waals surface area contributed by atoms with E-state index in [1.165, 1.54) is 6.04 Å². The fourth-order valence-corrected chi connectivity index (χ4v) is 8.89. The molecule has 0 radical (unpaired) electrons. The van der Waals surface area contributed by atoms with Gasteiger partial charge in [0.25, 0.3) is 0 Å². The summed E-state index contributed by atoms with van der Waals surface area (Å²) in [5.74, 6) is 6.81. The molecule has 0 nitrogen and oxygen atoms in total. The summed E-state index contributed by atoms with van der Waals surface area (Å²) in [5, 5.41) is 0. The Morgan fingerprint density at radius 1 is 0.875 bits per heavy atom. The molecule has 0 spiro atoms. The van der Waals surface area contributed by atoms with Crippen LogP contribution in [0, 0.1) is 11.8 Å². The lowest BCUT2D eigenvalue weighted by atomic mass is 10.5. The number of hydrogen-bond acceptors (Lipinski definition) is 0. The first-order valence-corrected chi connectivity index (χ1v) is 10.4. The van der Waals surface area contributed by atoms with Crippen molar-refractivity contribution in [3.05, 3.63) is 0 Å². The van der Waals surface area contributed by atoms with E-state index in [-0.39, 0.29) is 0 Å². The third-order valence-corrected chi connectivity index (χ3v) is 11.7. The van der Waals surface area contributed by atoms with E-state index >= 15 is 0 Å². The Balaban J connectivity index is 4.86. The maximum Gasteiger partial charge on any atom is 0.0740 e. The van der Waals surface area contributed by atoms with Gasteiger partial charge in [0.1, 0.15) is 0 Å². The second-order valence-corrected chi connectivity index (χ2v) is 12.7. The van der Waals surface area contributed by atoms with E-state index in [2.05, 4.69) is 76.0 Å². The van der Waals surface area contributed by atoms with Crippen molar-refractivity contribution in [1.29, 1.82) is 0 Å². The first-order chi connectivity index (χ1) is 7.39. The van der Waals surface area contributed by atoms with Gasteiger partial charge >= 0.3 is 0 Å². The Morgan fingerprint density at radius 2 is 1.31 bits per heavy atom. The fraction of sp³-hybridized carbons (Fsp3) is 0.857. The molecule has 94 valence electrons. The van der Waals surface area contributed by atoms with Crippen LogP contribution in [0.2, 0.25) is 22.7 Å². The van der Waals surface area contributed by atoms with E-state index in [1.807, 2.05) is 0 Å². The van der Waals surface area contributed by atoms with Crippen LogP contribution < -0.4 is 0 Å². The van der Waals surface area contributed by atoms with Crippen molar-refractivity contribution in [1.82, 2.24) is 0 Å². The van der Waals surface area contributed by atoms with Gasteiger partial charge in [0.2, 0.25) is 0 Å². The highest BCUT2D eigenvalue weighted by atomic mass is 127. The van der Waals surface area contributed by atoms with E-state index < -0.39 is 8.07 Å². The molecule has 0 N–H and O–H groups in total. The molecule has 16 heavy (non-hydrogen) atoms. The predicted molar refractivity (Wildman–Crippen MR) is 87.1 cm³/mol. The van der Waals surface area contributed by atoms with Gasteiger partial charge in [0.05, 0.1) is 8.07 Å². The summed E-state index contributed by atoms with van der Waals surface area (Å²) in [6.07, 6.45) is 1.05. The van der Waals surface area contributed by atoms with Crippen molar-refractivity contribution in [2.24, 2.45) is 0 Å². The Labute approximate surface area is 117 Å². The summed E-state index contributed by atoms with van der Waals surface area (Å²) in [6, 6.07) is 1.19. The molecule has 0 rings (SSSR count). The van der Waals surface area contributed by atoms with Crippen molar-refractivity contribution in [2.45, 2.75) is 70.6 Å². The second kappa shape index (κ2) is 7.76. The minimum atomic E-state index is -1.25. The third-order valence-electron chi connectivity index (χ3n) is 3.96. The molecule has 0 fully saturated rings. The molecule has 0 aliphatic carbocycles. The van der Waals surface area contributed by atoms with Crippen molar-refractivity contribution in [2.75, 3.05) is 4.43 Å². The van der Waals surface area contributed by atoms with Gasteiger partial charge in [-0.1, -0.05) is 64.1 Å². The lowest BCUT2D eigenvalue weighted by molar-refractivity contribution is 0.813. The lowest BCUT2D eigenvalue weighted by Crippen LogP contribution is -2.43. The van der Waals surface area contributed by atoms with Crippen LogP contribution >= 0.6 is 22.6 Å². The van der Waals surface area contributed by atoms with Crippen LogP contribution in [0.1, 0.15) is 48.0 Å². The first kappa shape index (κ1) is 16.5. The molecule has 0 aromatic heterocycles. The van der Waals surface area contributed by atoms with Crippen LogP contribution in [-0.2, 0) is 0 Å². The molecule has 0 unspecified atom stereocenters. The lowest BCUT2D eigenvalue weighted by Gasteiger charge is -2.42. The molecule has 0 saturated carbocycles. The number of hydrogen-bond donors (Lipinski definition) is 0. The van der Waals surface area contributed by atoms with E-state index in [1.54, 1.807) is 0 Å². The molecule has 0 aliphatic rings. The zero-order valence-corrected chi connectivity index (χ0v) is 14.9. The van der Waals surface area contributed by atoms with Crippen molar-refractivity contribution in [3.63, 3.8) is 0 Å². The summed E-state index contributed by atoms with van der Waals surface area (Å²) in [6.45, 7) is 14.5. The summed E-state index contributed by atoms with van der Waals surface area (Å²) >= 11 is 2.40. The maximum atomic E-state index is 3.48. The Bertz CT molecular complexity index is 223. The maximum absolute atomic E-state index is 3.48. The Kier molecular flexibility index (Phi) is 8.01. The number of rotatable bonds is 5. The monoisotopic (exact) mass is 350 g/mol. The first-order valence-electron chi connectivity index (χ1n) is 6.41. The third kappa shape index (κ3) is 4.07. The molecule has 0 atom stereocenters. The second-order valence-electron chi connectivity index (χ2n) is 5.55. The highest BCUT2D eigenvalue weighted by molar-refractivity contribution is 14.1. The van der Waals surface area contributed by atoms with Crippen LogP contribution in [0.3, 0.4) is 0 Å². The van der Waals surface area contributed by atoms with Crippen molar-refractivity contribution < 1.29 is 0 Å². The normalized spacial score (nSPS) is 12.1. The summed E-state index contributed by atoms with van der Waals surface area (Å²) < 4.78 is 1.16. The smallest absolute Gasteiger partial charge is 0.0740 e. The van der Waals surface area contributed by atoms with Crippen molar-refractivity contribution in [3.8, 4) is 11.8 Å². The largest absolute Gasteiger partial charge is 0.106 e. The van der Waals surface area contributed by atoms with Crippen LogP contribution in [0.4, 0.5) is 0 Å². The van der Waals surface area contributed by atoms with E-state index in [4.69, 9.17) is 0 Å². The molecular weight excluding hydrogens is 323 g/mol. The molecule has 0 bridgehead atoms. The molecular formula is C14H27ISi. The zero-order chi connectivity index (χ0) is 12.8. The molecule has 0 aromatic carbocycles. The van der Waals surface area contributed by atoms with E-state index in [0.717, 1.165) is 27.5 Å². The minimum Gasteiger partial charge on any atom is -0.106 e. The van der Waals surface area contributed by atoms with Gasteiger partial charge in [-0.15, -0.1) is 11.8 Å². The van der Waals surface area contributed by atoms with Gasteiger partial charge in [0, 0.05) is 16.9 Å². The Hall–Kier alpha value is 0.507. The quantitative estimate of drug-likeness (QED) is 0.266. The molecule has 0 amide bonds. The molecule has 0 heterocycles. The van der Waals surface area contributed by atoms with Gasteiger partial charge in [0.15, 0.2) is 0 Å². The van der Waals surface area contributed by atoms with Crippen LogP contribution in [-0.4, -0.2) is 12.5 Å². The number of alkyl halides is 1. The van der Waals surface area contributed by atoms with Crippen LogP contribution in [0.5, 0.6) is 0 Å². The van der Waals surface area contributed by atoms with Gasteiger partial charge in [-0.3, -0.25) is 0 Å². The van der Waals surface area contributed by atoms with E-state index in [0.29, 0.717) is 0 Å². The van der Waals surface area contributed by atoms with Gasteiger partial charge in [-0.2, -0.15) is 0 Å². The zero-order valence-electron chi connectivity index (χ0n) is 11.7. The van der Waals surface area contributed by atoms with Gasteiger partial charge in [-0.25, -0.2) is 0 Å². The van der Waals surface area contributed by atoms with Gasteiger partial charge in [-0.05, 0) is 16.6 Å². The van der Waals surface area contributed by atoms with Crippen LogP contribution in [0.15, 0.2) is 0 Å². The standard InChI is InChI=1S/C14H27ISi/c1-12(2)16(13(3)4,14(5)6)11-9-7-8-10-15/h12-14H,8,10-11H2,1-6H3. The highest BCUT2D eigenvalue weighted by Crippen LogP contribution is 2.43. The Morgan fingerprint density at radius 3 is 1.62 bits per heavy atom. The van der Waals surface area contributed by atoms with Crippen LogP contribution in [0.25, 0.3) is 0 Å². The van der Waals surface area contributed by atoms with Gasteiger partial charge < -0.3 is 0 Å². The SMILES string of the molecule is CC(C)[Si](CC#CCCI)(C(C)C)C(C)C.